The highest BCUT2D eigenvalue weighted by molar-refractivity contribution is 7.12. The van der Waals surface area contributed by atoms with Crippen LogP contribution < -0.4 is 5.32 Å². The molecule has 1 aromatic rings. The second-order valence-electron chi connectivity index (χ2n) is 5.15. The maximum Gasteiger partial charge on any atom is 0.0219 e. The minimum atomic E-state index is 0.683. The summed E-state index contributed by atoms with van der Waals surface area (Å²) in [5.41, 5.74) is 1.49. The third-order valence-corrected chi connectivity index (χ3v) is 4.87. The van der Waals surface area contributed by atoms with Gasteiger partial charge in [-0.05, 0) is 51.2 Å². The molecule has 0 bridgehead atoms. The Labute approximate surface area is 103 Å². The maximum atomic E-state index is 3.70. The first-order chi connectivity index (χ1) is 7.66. The highest BCUT2D eigenvalue weighted by Crippen LogP contribution is 2.28. The first-order valence-electron chi connectivity index (χ1n) is 6.46. The first kappa shape index (κ1) is 12.1. The van der Waals surface area contributed by atoms with Gasteiger partial charge in [0.2, 0.25) is 0 Å². The monoisotopic (exact) mass is 237 g/mol. The van der Waals surface area contributed by atoms with E-state index in [2.05, 4.69) is 32.2 Å². The summed E-state index contributed by atoms with van der Waals surface area (Å²) in [6, 6.07) is 3.01. The van der Waals surface area contributed by atoms with E-state index >= 15 is 0 Å². The van der Waals surface area contributed by atoms with Crippen LogP contribution >= 0.6 is 11.3 Å². The molecule has 0 spiro atoms. The number of thiophene rings is 1. The van der Waals surface area contributed by atoms with Crippen LogP contribution in [-0.4, -0.2) is 6.04 Å². The van der Waals surface area contributed by atoms with Crippen LogP contribution in [0.1, 0.15) is 47.9 Å². The number of rotatable bonds is 4. The summed E-state index contributed by atoms with van der Waals surface area (Å²) in [4.78, 5) is 2.91. The van der Waals surface area contributed by atoms with Gasteiger partial charge in [0.15, 0.2) is 0 Å². The summed E-state index contributed by atoms with van der Waals surface area (Å²) in [5, 5.41) is 3.70. The molecule has 16 heavy (non-hydrogen) atoms. The molecular formula is C14H23NS. The van der Waals surface area contributed by atoms with E-state index in [1.165, 1.54) is 41.0 Å². The lowest BCUT2D eigenvalue weighted by Crippen LogP contribution is -2.31. The van der Waals surface area contributed by atoms with Gasteiger partial charge < -0.3 is 5.32 Å². The molecule has 1 nitrogen and oxygen atoms in total. The minimum Gasteiger partial charge on any atom is -0.310 e. The molecule has 1 aliphatic carbocycles. The lowest BCUT2D eigenvalue weighted by Gasteiger charge is -2.20. The van der Waals surface area contributed by atoms with Crippen LogP contribution in [0.25, 0.3) is 0 Å². The molecule has 1 heterocycles. The van der Waals surface area contributed by atoms with Gasteiger partial charge in [-0.1, -0.05) is 12.8 Å². The van der Waals surface area contributed by atoms with E-state index in [4.69, 9.17) is 0 Å². The van der Waals surface area contributed by atoms with Crippen LogP contribution in [0.5, 0.6) is 0 Å². The molecular weight excluding hydrogens is 214 g/mol. The molecule has 2 rings (SSSR count). The fourth-order valence-corrected chi connectivity index (χ4v) is 3.70. The molecule has 0 aromatic carbocycles. The Morgan fingerprint density at radius 3 is 2.62 bits per heavy atom. The Balaban J connectivity index is 1.84. The van der Waals surface area contributed by atoms with E-state index in [0.29, 0.717) is 6.04 Å². The highest BCUT2D eigenvalue weighted by atomic mass is 32.1. The van der Waals surface area contributed by atoms with E-state index in [0.717, 1.165) is 12.5 Å². The Kier molecular flexibility index (Phi) is 4.04. The zero-order valence-electron chi connectivity index (χ0n) is 10.7. The summed E-state index contributed by atoms with van der Waals surface area (Å²) in [6.45, 7) is 7.83. The van der Waals surface area contributed by atoms with Gasteiger partial charge in [-0.25, -0.2) is 0 Å². The first-order valence-corrected chi connectivity index (χ1v) is 7.28. The minimum absolute atomic E-state index is 0.683. The third-order valence-electron chi connectivity index (χ3n) is 3.87. The molecule has 1 N–H and O–H groups in total. The van der Waals surface area contributed by atoms with Gasteiger partial charge in [0.05, 0.1) is 0 Å². The van der Waals surface area contributed by atoms with E-state index in [-0.39, 0.29) is 0 Å². The van der Waals surface area contributed by atoms with Crippen LogP contribution in [0, 0.1) is 19.8 Å². The lowest BCUT2D eigenvalue weighted by molar-refractivity contribution is 0.380. The fraction of sp³-hybridized carbons (Fsp3) is 0.714. The number of nitrogens with one attached hydrogen (secondary N) is 1. The summed E-state index contributed by atoms with van der Waals surface area (Å²) < 4.78 is 0. The number of hydrogen-bond donors (Lipinski definition) is 1. The van der Waals surface area contributed by atoms with Crippen LogP contribution in [0.15, 0.2) is 6.07 Å². The van der Waals surface area contributed by atoms with Gasteiger partial charge in [0.25, 0.3) is 0 Å². The van der Waals surface area contributed by atoms with Crippen molar-refractivity contribution in [3.8, 4) is 0 Å². The van der Waals surface area contributed by atoms with Crippen LogP contribution in [0.2, 0.25) is 0 Å². The van der Waals surface area contributed by atoms with Crippen LogP contribution in [0.3, 0.4) is 0 Å². The van der Waals surface area contributed by atoms with Gasteiger partial charge >= 0.3 is 0 Å². The summed E-state index contributed by atoms with van der Waals surface area (Å²) in [5.74, 6) is 0.917. The van der Waals surface area contributed by atoms with Crippen LogP contribution in [-0.2, 0) is 6.54 Å². The zero-order chi connectivity index (χ0) is 11.5. The average molecular weight is 237 g/mol. The van der Waals surface area contributed by atoms with Crippen molar-refractivity contribution < 1.29 is 0 Å². The topological polar surface area (TPSA) is 12.0 Å². The molecule has 0 amide bonds. The van der Waals surface area contributed by atoms with Gasteiger partial charge in [0, 0.05) is 22.3 Å². The van der Waals surface area contributed by atoms with Crippen LogP contribution in [0.4, 0.5) is 0 Å². The fourth-order valence-electron chi connectivity index (χ4n) is 2.75. The molecule has 1 fully saturated rings. The molecule has 1 aromatic heterocycles. The number of aryl methyl sites for hydroxylation is 2. The van der Waals surface area contributed by atoms with Crippen molar-refractivity contribution in [3.05, 3.63) is 21.4 Å². The third kappa shape index (κ3) is 2.86. The molecule has 1 saturated carbocycles. The Hall–Kier alpha value is -0.340. The maximum absolute atomic E-state index is 3.70. The van der Waals surface area contributed by atoms with Crippen molar-refractivity contribution in [2.75, 3.05) is 0 Å². The average Bonchev–Trinajstić information content (AvgIpc) is 2.84. The van der Waals surface area contributed by atoms with Crippen molar-refractivity contribution in [2.45, 2.75) is 59.0 Å². The molecule has 0 saturated heterocycles. The summed E-state index contributed by atoms with van der Waals surface area (Å²) >= 11 is 1.91. The standard InChI is InChI=1S/C14H23NS/c1-10-8-14(12(3)16-10)9-15-11(2)13-6-4-5-7-13/h8,11,13,15H,4-7,9H2,1-3H3/t11-/m0/s1. The molecule has 0 aliphatic heterocycles. The van der Waals surface area contributed by atoms with Gasteiger partial charge in [-0.15, -0.1) is 11.3 Å². The second-order valence-corrected chi connectivity index (χ2v) is 6.61. The largest absolute Gasteiger partial charge is 0.310 e. The molecule has 0 radical (unpaired) electrons. The van der Waals surface area contributed by atoms with E-state index in [9.17, 15) is 0 Å². The predicted molar refractivity (Wildman–Crippen MR) is 72.1 cm³/mol. The van der Waals surface area contributed by atoms with Gasteiger partial charge in [-0.2, -0.15) is 0 Å². The molecule has 1 aliphatic rings. The Morgan fingerprint density at radius 2 is 2.06 bits per heavy atom. The second kappa shape index (κ2) is 5.33. The Bertz CT molecular complexity index is 337. The summed E-state index contributed by atoms with van der Waals surface area (Å²) in [7, 11) is 0. The molecule has 1 atom stereocenters. The molecule has 0 unspecified atom stereocenters. The van der Waals surface area contributed by atoms with Crippen molar-refractivity contribution >= 4 is 11.3 Å². The highest BCUT2D eigenvalue weighted by Gasteiger charge is 2.21. The van der Waals surface area contributed by atoms with E-state index in [1.54, 1.807) is 0 Å². The smallest absolute Gasteiger partial charge is 0.0219 e. The quantitative estimate of drug-likeness (QED) is 0.833. The van der Waals surface area contributed by atoms with Gasteiger partial charge in [-0.3, -0.25) is 0 Å². The Morgan fingerprint density at radius 1 is 1.38 bits per heavy atom. The normalized spacial score (nSPS) is 19.2. The molecule has 2 heteroatoms. The van der Waals surface area contributed by atoms with Crippen molar-refractivity contribution in [1.29, 1.82) is 0 Å². The van der Waals surface area contributed by atoms with E-state index in [1.807, 2.05) is 11.3 Å². The van der Waals surface area contributed by atoms with Gasteiger partial charge in [0.1, 0.15) is 0 Å². The predicted octanol–water partition coefficient (Wildman–Crippen LogP) is 4.03. The van der Waals surface area contributed by atoms with Crippen molar-refractivity contribution in [2.24, 2.45) is 5.92 Å². The molecule has 90 valence electrons. The van der Waals surface area contributed by atoms with Crippen molar-refractivity contribution in [1.82, 2.24) is 5.32 Å². The SMILES string of the molecule is Cc1cc(CN[C@@H](C)C2CCCC2)c(C)s1. The number of hydrogen-bond acceptors (Lipinski definition) is 2. The zero-order valence-corrected chi connectivity index (χ0v) is 11.5. The lowest BCUT2D eigenvalue weighted by atomic mass is 9.99. The van der Waals surface area contributed by atoms with Crippen molar-refractivity contribution in [3.63, 3.8) is 0 Å². The van der Waals surface area contributed by atoms with E-state index < -0.39 is 0 Å². The summed E-state index contributed by atoms with van der Waals surface area (Å²) in [6.07, 6.45) is 5.73.